The monoisotopic (exact) mass is 452 g/mol. The Morgan fingerprint density at radius 3 is 2.06 bits per heavy atom. The predicted molar refractivity (Wildman–Crippen MR) is 126 cm³/mol. The number of benzene rings is 2. The second-order valence-corrected chi connectivity index (χ2v) is 9.48. The minimum absolute atomic E-state index is 0.0315. The van der Waals surface area contributed by atoms with E-state index in [0.717, 1.165) is 22.3 Å². The van der Waals surface area contributed by atoms with Gasteiger partial charge in [-0.2, -0.15) is 0 Å². The smallest absolute Gasteiger partial charge is 0.407 e. The zero-order valence-electron chi connectivity index (χ0n) is 19.6. The van der Waals surface area contributed by atoms with Gasteiger partial charge in [-0.25, -0.2) is 4.79 Å². The van der Waals surface area contributed by atoms with Gasteiger partial charge in [-0.05, 0) is 42.0 Å². The van der Waals surface area contributed by atoms with Crippen molar-refractivity contribution in [1.29, 1.82) is 0 Å². The molecule has 0 fully saturated rings. The van der Waals surface area contributed by atoms with Crippen LogP contribution in [0.4, 0.5) is 4.79 Å². The van der Waals surface area contributed by atoms with Crippen LogP contribution in [0.25, 0.3) is 11.1 Å². The van der Waals surface area contributed by atoms with E-state index < -0.39 is 23.5 Å². The molecule has 176 valence electrons. The van der Waals surface area contributed by atoms with Crippen LogP contribution < -0.4 is 10.6 Å². The zero-order valence-corrected chi connectivity index (χ0v) is 19.6. The lowest BCUT2D eigenvalue weighted by atomic mass is 9.90. The Morgan fingerprint density at radius 1 is 1.00 bits per heavy atom. The third-order valence-corrected chi connectivity index (χ3v) is 6.15. The van der Waals surface area contributed by atoms with Crippen molar-refractivity contribution in [1.82, 2.24) is 10.6 Å². The average molecular weight is 453 g/mol. The third kappa shape index (κ3) is 5.72. The van der Waals surface area contributed by atoms with E-state index in [1.54, 1.807) is 13.8 Å². The molecule has 0 bridgehead atoms. The summed E-state index contributed by atoms with van der Waals surface area (Å²) in [5.41, 5.74) is 3.63. The van der Waals surface area contributed by atoms with E-state index in [9.17, 15) is 14.4 Å². The van der Waals surface area contributed by atoms with Crippen molar-refractivity contribution in [2.24, 2.45) is 11.3 Å². The fraction of sp³-hybridized carbons (Fsp3) is 0.423. The Bertz CT molecular complexity index is 985. The van der Waals surface area contributed by atoms with Crippen LogP contribution in [-0.4, -0.2) is 42.3 Å². The molecule has 1 unspecified atom stereocenters. The van der Waals surface area contributed by atoms with Crippen molar-refractivity contribution in [3.8, 4) is 11.1 Å². The summed E-state index contributed by atoms with van der Waals surface area (Å²) in [6, 6.07) is 15.7. The number of aliphatic carboxylic acids is 1. The average Bonchev–Trinajstić information content (AvgIpc) is 3.09. The molecule has 2 amide bonds. The van der Waals surface area contributed by atoms with Crippen LogP contribution in [0.1, 0.15) is 51.2 Å². The molecule has 0 spiro atoms. The molecular weight excluding hydrogens is 420 g/mol. The lowest BCUT2D eigenvalue weighted by Gasteiger charge is -2.28. The van der Waals surface area contributed by atoms with Gasteiger partial charge < -0.3 is 20.5 Å². The normalized spacial score (nSPS) is 13.7. The van der Waals surface area contributed by atoms with E-state index in [-0.39, 0.29) is 37.3 Å². The van der Waals surface area contributed by atoms with Gasteiger partial charge in [0.25, 0.3) is 0 Å². The van der Waals surface area contributed by atoms with Crippen molar-refractivity contribution in [2.75, 3.05) is 13.2 Å². The second kappa shape index (κ2) is 10.1. The SMILES string of the molecule is CC(C)C(CC(=O)O)NC(=O)C(C)(C)CNC(=O)OCC1c2ccccc2-c2ccccc21. The first-order valence-electron chi connectivity index (χ1n) is 11.2. The summed E-state index contributed by atoms with van der Waals surface area (Å²) >= 11 is 0. The molecule has 3 rings (SSSR count). The van der Waals surface area contributed by atoms with Crippen LogP contribution in [0, 0.1) is 11.3 Å². The summed E-state index contributed by atoms with van der Waals surface area (Å²) in [5.74, 6) is -1.36. The number of nitrogens with one attached hydrogen (secondary N) is 2. The highest BCUT2D eigenvalue weighted by atomic mass is 16.5. The zero-order chi connectivity index (χ0) is 24.2. The topological polar surface area (TPSA) is 105 Å². The molecule has 1 atom stereocenters. The number of carbonyl (C=O) groups is 3. The molecule has 7 heteroatoms. The lowest BCUT2D eigenvalue weighted by molar-refractivity contribution is -0.138. The van der Waals surface area contributed by atoms with Crippen LogP contribution in [0.3, 0.4) is 0 Å². The number of hydrogen-bond donors (Lipinski definition) is 3. The number of alkyl carbamates (subject to hydrolysis) is 1. The molecule has 2 aromatic carbocycles. The maximum Gasteiger partial charge on any atom is 0.407 e. The van der Waals surface area contributed by atoms with Gasteiger partial charge in [0.15, 0.2) is 0 Å². The summed E-state index contributed by atoms with van der Waals surface area (Å²) in [7, 11) is 0. The predicted octanol–water partition coefficient (Wildman–Crippen LogP) is 4.17. The van der Waals surface area contributed by atoms with Gasteiger partial charge in [0.1, 0.15) is 6.61 Å². The van der Waals surface area contributed by atoms with E-state index in [1.165, 1.54) is 0 Å². The first-order valence-corrected chi connectivity index (χ1v) is 11.2. The summed E-state index contributed by atoms with van der Waals surface area (Å²) in [6.45, 7) is 7.37. The number of rotatable bonds is 9. The summed E-state index contributed by atoms with van der Waals surface area (Å²) < 4.78 is 5.53. The lowest BCUT2D eigenvalue weighted by Crippen LogP contribution is -2.50. The fourth-order valence-electron chi connectivity index (χ4n) is 4.03. The van der Waals surface area contributed by atoms with E-state index in [2.05, 4.69) is 34.9 Å². The van der Waals surface area contributed by atoms with Crippen LogP contribution in [0.5, 0.6) is 0 Å². The largest absolute Gasteiger partial charge is 0.481 e. The van der Waals surface area contributed by atoms with Crippen LogP contribution in [-0.2, 0) is 14.3 Å². The number of carboxylic acids is 1. The number of fused-ring (bicyclic) bond motifs is 3. The van der Waals surface area contributed by atoms with Crippen molar-refractivity contribution in [3.05, 3.63) is 59.7 Å². The number of amides is 2. The highest BCUT2D eigenvalue weighted by Crippen LogP contribution is 2.44. The maximum absolute atomic E-state index is 12.7. The minimum Gasteiger partial charge on any atom is -0.481 e. The molecule has 0 radical (unpaired) electrons. The quantitative estimate of drug-likeness (QED) is 0.530. The molecule has 2 aromatic rings. The Labute approximate surface area is 194 Å². The van der Waals surface area contributed by atoms with E-state index >= 15 is 0 Å². The Kier molecular flexibility index (Phi) is 7.41. The molecule has 0 saturated heterocycles. The van der Waals surface area contributed by atoms with Gasteiger partial charge in [0.2, 0.25) is 5.91 Å². The minimum atomic E-state index is -0.969. The van der Waals surface area contributed by atoms with Gasteiger partial charge in [-0.15, -0.1) is 0 Å². The van der Waals surface area contributed by atoms with E-state index in [1.807, 2.05) is 38.1 Å². The van der Waals surface area contributed by atoms with Gasteiger partial charge in [0, 0.05) is 18.5 Å². The first kappa shape index (κ1) is 24.3. The number of hydrogen-bond acceptors (Lipinski definition) is 4. The van der Waals surface area contributed by atoms with Gasteiger partial charge in [0.05, 0.1) is 11.8 Å². The number of carbonyl (C=O) groups excluding carboxylic acids is 2. The molecular formula is C26H32N2O5. The van der Waals surface area contributed by atoms with E-state index in [0.29, 0.717) is 0 Å². The summed E-state index contributed by atoms with van der Waals surface area (Å²) in [5, 5.41) is 14.6. The first-order chi connectivity index (χ1) is 15.6. The number of carboxylic acid groups (broad SMARTS) is 1. The molecule has 3 N–H and O–H groups in total. The van der Waals surface area contributed by atoms with Crippen molar-refractivity contribution in [3.63, 3.8) is 0 Å². The molecule has 7 nitrogen and oxygen atoms in total. The van der Waals surface area contributed by atoms with E-state index in [4.69, 9.17) is 9.84 Å². The molecule has 1 aliphatic carbocycles. The van der Waals surface area contributed by atoms with Crippen LogP contribution in [0.15, 0.2) is 48.5 Å². The Hall–Kier alpha value is -3.35. The molecule has 0 aliphatic heterocycles. The van der Waals surface area contributed by atoms with Crippen LogP contribution in [0.2, 0.25) is 0 Å². The van der Waals surface area contributed by atoms with Gasteiger partial charge in [-0.1, -0.05) is 62.4 Å². The van der Waals surface area contributed by atoms with Crippen molar-refractivity contribution < 1.29 is 24.2 Å². The molecule has 33 heavy (non-hydrogen) atoms. The van der Waals surface area contributed by atoms with Gasteiger partial charge in [-0.3, -0.25) is 9.59 Å². The number of ether oxygens (including phenoxy) is 1. The Balaban J connectivity index is 1.56. The molecule has 1 aliphatic rings. The highest BCUT2D eigenvalue weighted by Gasteiger charge is 2.32. The Morgan fingerprint density at radius 2 is 1.55 bits per heavy atom. The summed E-state index contributed by atoms with van der Waals surface area (Å²) in [4.78, 5) is 36.2. The molecule has 0 aromatic heterocycles. The summed E-state index contributed by atoms with van der Waals surface area (Å²) in [6.07, 6.45) is -0.747. The molecule has 0 heterocycles. The van der Waals surface area contributed by atoms with Crippen molar-refractivity contribution in [2.45, 2.75) is 46.1 Å². The van der Waals surface area contributed by atoms with Crippen LogP contribution >= 0.6 is 0 Å². The maximum atomic E-state index is 12.7. The highest BCUT2D eigenvalue weighted by molar-refractivity contribution is 5.83. The molecule has 0 saturated carbocycles. The third-order valence-electron chi connectivity index (χ3n) is 6.15. The van der Waals surface area contributed by atoms with Crippen molar-refractivity contribution >= 4 is 18.0 Å². The standard InChI is InChI=1S/C26H32N2O5/c1-16(2)22(13-23(29)30)28-24(31)26(3,4)15-27-25(32)33-14-21-19-11-7-5-9-17(19)18-10-6-8-12-20(18)21/h5-12,16,21-22H,13-15H2,1-4H3,(H,27,32)(H,28,31)(H,29,30). The fourth-order valence-corrected chi connectivity index (χ4v) is 4.03. The second-order valence-electron chi connectivity index (χ2n) is 9.48. The van der Waals surface area contributed by atoms with Gasteiger partial charge >= 0.3 is 12.1 Å².